The molecule has 0 fully saturated rings. The number of hydrogen-bond acceptors (Lipinski definition) is 6. The number of unbranched alkanes of at least 4 members (excludes halogenated alkanes) is 1. The van der Waals surface area contributed by atoms with Gasteiger partial charge in [-0.05, 0) is 31.6 Å². The zero-order valence-corrected chi connectivity index (χ0v) is 16.0. The van der Waals surface area contributed by atoms with Gasteiger partial charge in [-0.1, -0.05) is 24.9 Å². The van der Waals surface area contributed by atoms with Crippen molar-refractivity contribution in [2.24, 2.45) is 0 Å². The molecule has 1 aromatic carbocycles. The summed E-state index contributed by atoms with van der Waals surface area (Å²) in [7, 11) is 1.39. The average Bonchev–Trinajstić information content (AvgIpc) is 2.91. The molecule has 0 unspecified atom stereocenters. The van der Waals surface area contributed by atoms with Gasteiger partial charge in [-0.15, -0.1) is 0 Å². The summed E-state index contributed by atoms with van der Waals surface area (Å²) in [6.07, 6.45) is 4.60. The van der Waals surface area contributed by atoms with Gasteiger partial charge in [0.15, 0.2) is 0 Å². The number of nitrogens with zero attached hydrogens (tertiary/aromatic N) is 3. The minimum atomic E-state index is -0.764. The average molecular weight is 394 g/mol. The fourth-order valence-electron chi connectivity index (χ4n) is 2.36. The lowest BCUT2D eigenvalue weighted by molar-refractivity contribution is -0.385. The molecule has 1 heterocycles. The first-order valence-corrected chi connectivity index (χ1v) is 8.70. The topological polar surface area (TPSA) is 96.5 Å². The highest BCUT2D eigenvalue weighted by Gasteiger charge is 2.19. The summed E-state index contributed by atoms with van der Waals surface area (Å²) in [5, 5.41) is 15.9. The molecule has 0 spiro atoms. The van der Waals surface area contributed by atoms with E-state index in [1.807, 2.05) is 0 Å². The van der Waals surface area contributed by atoms with Gasteiger partial charge in [0, 0.05) is 18.2 Å². The van der Waals surface area contributed by atoms with Crippen LogP contribution < -0.4 is 9.47 Å². The normalized spacial score (nSPS) is 11.0. The van der Waals surface area contributed by atoms with E-state index in [-0.39, 0.29) is 11.4 Å². The first-order chi connectivity index (χ1) is 12.9. The molecule has 0 atom stereocenters. The Morgan fingerprint density at radius 3 is 2.81 bits per heavy atom. The number of nitro groups is 1. The van der Waals surface area contributed by atoms with Crippen LogP contribution in [0.4, 0.5) is 5.69 Å². The molecule has 0 aliphatic rings. The molecule has 144 valence electrons. The number of benzene rings is 1. The van der Waals surface area contributed by atoms with Crippen molar-refractivity contribution >= 4 is 29.3 Å². The quantitative estimate of drug-likeness (QED) is 0.219. The monoisotopic (exact) mass is 393 g/mol. The van der Waals surface area contributed by atoms with E-state index >= 15 is 0 Å². The smallest absolute Gasteiger partial charge is 0.336 e. The Morgan fingerprint density at radius 1 is 1.44 bits per heavy atom. The van der Waals surface area contributed by atoms with E-state index in [4.69, 9.17) is 21.1 Å². The minimum absolute atomic E-state index is 0.170. The van der Waals surface area contributed by atoms with Gasteiger partial charge in [0.2, 0.25) is 5.75 Å². The van der Waals surface area contributed by atoms with Gasteiger partial charge in [-0.3, -0.25) is 14.8 Å². The first-order valence-electron chi connectivity index (χ1n) is 8.32. The second kappa shape index (κ2) is 9.18. The molecule has 0 saturated heterocycles. The summed E-state index contributed by atoms with van der Waals surface area (Å²) >= 11 is 6.30. The zero-order valence-electron chi connectivity index (χ0n) is 15.3. The minimum Gasteiger partial charge on any atom is -0.496 e. The number of ether oxygens (including phenoxy) is 2. The van der Waals surface area contributed by atoms with E-state index in [0.717, 1.165) is 18.9 Å². The number of hydrogen-bond donors (Lipinski definition) is 0. The number of aryl methyl sites for hydroxylation is 2. The Morgan fingerprint density at radius 2 is 2.19 bits per heavy atom. The number of methoxy groups -OCH3 is 1. The summed E-state index contributed by atoms with van der Waals surface area (Å²) in [5.41, 5.74) is 0.919. The fourth-order valence-corrected chi connectivity index (χ4v) is 2.68. The van der Waals surface area contributed by atoms with Gasteiger partial charge in [0.05, 0.1) is 23.8 Å². The first kappa shape index (κ1) is 20.4. The summed E-state index contributed by atoms with van der Waals surface area (Å²) in [6.45, 7) is 4.54. The van der Waals surface area contributed by atoms with E-state index in [2.05, 4.69) is 12.0 Å². The molecule has 0 amide bonds. The van der Waals surface area contributed by atoms with Crippen LogP contribution in [0.25, 0.3) is 6.08 Å². The summed E-state index contributed by atoms with van der Waals surface area (Å²) in [5.74, 6) is -0.643. The van der Waals surface area contributed by atoms with Crippen molar-refractivity contribution in [1.82, 2.24) is 9.78 Å². The second-order valence-electron chi connectivity index (χ2n) is 5.71. The molecular formula is C18H20ClN3O5. The van der Waals surface area contributed by atoms with Gasteiger partial charge < -0.3 is 9.47 Å². The highest BCUT2D eigenvalue weighted by Crippen LogP contribution is 2.31. The lowest BCUT2D eigenvalue weighted by atomic mass is 10.2. The van der Waals surface area contributed by atoms with E-state index < -0.39 is 10.9 Å². The molecule has 0 N–H and O–H groups in total. The Bertz CT molecular complexity index is 876. The molecule has 1 aromatic heterocycles. The molecule has 27 heavy (non-hydrogen) atoms. The summed E-state index contributed by atoms with van der Waals surface area (Å²) < 4.78 is 11.7. The van der Waals surface area contributed by atoms with Crippen molar-refractivity contribution in [3.05, 3.63) is 50.8 Å². The van der Waals surface area contributed by atoms with E-state index in [9.17, 15) is 14.9 Å². The Hall–Kier alpha value is -2.87. The van der Waals surface area contributed by atoms with E-state index in [1.54, 1.807) is 11.6 Å². The summed E-state index contributed by atoms with van der Waals surface area (Å²) in [6, 6.07) is 3.97. The van der Waals surface area contributed by atoms with Crippen LogP contribution in [0.3, 0.4) is 0 Å². The van der Waals surface area contributed by atoms with Gasteiger partial charge in [-0.25, -0.2) is 4.79 Å². The van der Waals surface area contributed by atoms with Crippen LogP contribution in [0.5, 0.6) is 11.5 Å². The zero-order chi connectivity index (χ0) is 20.0. The van der Waals surface area contributed by atoms with Crippen molar-refractivity contribution in [1.29, 1.82) is 0 Å². The molecule has 8 nitrogen and oxygen atoms in total. The van der Waals surface area contributed by atoms with Gasteiger partial charge in [0.1, 0.15) is 10.9 Å². The van der Waals surface area contributed by atoms with Crippen LogP contribution in [0, 0.1) is 17.0 Å². The molecule has 0 saturated carbocycles. The van der Waals surface area contributed by atoms with Gasteiger partial charge in [0.25, 0.3) is 0 Å². The third-order valence-electron chi connectivity index (χ3n) is 3.79. The highest BCUT2D eigenvalue weighted by molar-refractivity contribution is 6.31. The lowest BCUT2D eigenvalue weighted by Gasteiger charge is -2.05. The van der Waals surface area contributed by atoms with Crippen molar-refractivity contribution < 1.29 is 19.2 Å². The maximum atomic E-state index is 12.1. The number of esters is 1. The van der Waals surface area contributed by atoms with Crippen LogP contribution in [0.1, 0.15) is 31.0 Å². The molecule has 0 bridgehead atoms. The molecular weight excluding hydrogens is 374 g/mol. The van der Waals surface area contributed by atoms with Gasteiger partial charge in [-0.2, -0.15) is 5.10 Å². The van der Waals surface area contributed by atoms with Crippen LogP contribution >= 0.6 is 11.6 Å². The number of carbonyl (C=O) groups excluding carboxylic acids is 1. The van der Waals surface area contributed by atoms with Crippen molar-refractivity contribution in [3.63, 3.8) is 0 Å². The SMILES string of the molecule is CCCCn1nc(C)c(C=CC(=O)Oc2ccc(OC)cc2[N+](=O)[O-])c1Cl. The third-order valence-corrected chi connectivity index (χ3v) is 4.19. The Balaban J connectivity index is 2.17. The van der Waals surface area contributed by atoms with Crippen LogP contribution in [0.15, 0.2) is 24.3 Å². The predicted molar refractivity (Wildman–Crippen MR) is 101 cm³/mol. The fraction of sp³-hybridized carbons (Fsp3) is 0.333. The second-order valence-corrected chi connectivity index (χ2v) is 6.07. The number of carbonyl (C=O) groups is 1. The number of nitro benzene ring substituents is 1. The van der Waals surface area contributed by atoms with Crippen LogP contribution in [-0.2, 0) is 11.3 Å². The van der Waals surface area contributed by atoms with Crippen molar-refractivity contribution in [3.8, 4) is 11.5 Å². The van der Waals surface area contributed by atoms with Crippen LogP contribution in [0.2, 0.25) is 5.15 Å². The molecule has 9 heteroatoms. The highest BCUT2D eigenvalue weighted by atomic mass is 35.5. The molecule has 0 aliphatic carbocycles. The Kier molecular flexibility index (Phi) is 6.95. The molecule has 2 aromatic rings. The van der Waals surface area contributed by atoms with Gasteiger partial charge >= 0.3 is 11.7 Å². The largest absolute Gasteiger partial charge is 0.496 e. The number of halogens is 1. The third kappa shape index (κ3) is 5.07. The maximum Gasteiger partial charge on any atom is 0.336 e. The standard InChI is InChI=1S/C18H20ClN3O5/c1-4-5-10-21-18(19)14(12(2)20-21)7-9-17(23)27-16-8-6-13(26-3)11-15(16)22(24)25/h6-9,11H,4-5,10H2,1-3H3. The molecule has 2 rings (SSSR count). The number of rotatable bonds is 8. The lowest BCUT2D eigenvalue weighted by Crippen LogP contribution is -2.06. The molecule has 0 radical (unpaired) electrons. The van der Waals surface area contributed by atoms with E-state index in [1.165, 1.54) is 31.4 Å². The van der Waals surface area contributed by atoms with E-state index in [0.29, 0.717) is 28.7 Å². The van der Waals surface area contributed by atoms with Crippen LogP contribution in [-0.4, -0.2) is 27.8 Å². The number of aromatic nitrogens is 2. The summed E-state index contributed by atoms with van der Waals surface area (Å²) in [4.78, 5) is 22.6. The maximum absolute atomic E-state index is 12.1. The van der Waals surface area contributed by atoms with Crippen molar-refractivity contribution in [2.45, 2.75) is 33.2 Å². The molecule has 0 aliphatic heterocycles. The Labute approximate surface area is 161 Å². The predicted octanol–water partition coefficient (Wildman–Crippen LogP) is 4.18. The van der Waals surface area contributed by atoms with Crippen molar-refractivity contribution in [2.75, 3.05) is 7.11 Å².